The van der Waals surface area contributed by atoms with Gasteiger partial charge in [0.15, 0.2) is 0 Å². The average molecular weight is 434 g/mol. The zero-order valence-corrected chi connectivity index (χ0v) is 17.5. The third kappa shape index (κ3) is 6.61. The number of carbonyl (C=O) groups is 2. The van der Waals surface area contributed by atoms with E-state index in [1.54, 1.807) is 0 Å². The third-order valence-electron chi connectivity index (χ3n) is 4.94. The Kier molecular flexibility index (Phi) is 7.72. The Labute approximate surface area is 178 Å². The van der Waals surface area contributed by atoms with Crippen molar-refractivity contribution >= 4 is 39.0 Å². The van der Waals surface area contributed by atoms with Crippen LogP contribution in [0.25, 0.3) is 0 Å². The van der Waals surface area contributed by atoms with Gasteiger partial charge in [0.2, 0.25) is 0 Å². The van der Waals surface area contributed by atoms with Gasteiger partial charge in [0.05, 0.1) is 0 Å². The van der Waals surface area contributed by atoms with E-state index < -0.39 is 21.9 Å². The number of alkyl carbamates (subject to hydrolysis) is 1. The van der Waals surface area contributed by atoms with Gasteiger partial charge in [-0.15, -0.1) is 0 Å². The maximum Gasteiger partial charge on any atom is 0.411 e. The second kappa shape index (κ2) is 10.5. The zero-order chi connectivity index (χ0) is 20.6. The first-order chi connectivity index (χ1) is 14.0. The van der Waals surface area contributed by atoms with Crippen LogP contribution < -0.4 is 5.32 Å². The molecule has 1 aliphatic carbocycles. The van der Waals surface area contributed by atoms with Crippen molar-refractivity contribution in [2.24, 2.45) is 5.92 Å². The van der Waals surface area contributed by atoms with Crippen molar-refractivity contribution < 1.29 is 19.4 Å². The van der Waals surface area contributed by atoms with Crippen LogP contribution in [0.4, 0.5) is 9.59 Å². The molecule has 29 heavy (non-hydrogen) atoms. The quantitative estimate of drug-likeness (QED) is 0.574. The maximum atomic E-state index is 12.3. The second-order valence-electron chi connectivity index (χ2n) is 7.06. The van der Waals surface area contributed by atoms with Crippen molar-refractivity contribution in [3.8, 4) is 0 Å². The number of carboxylic acid groups (broad SMARTS) is 1. The van der Waals surface area contributed by atoms with Crippen LogP contribution in [0.3, 0.4) is 0 Å². The molecule has 0 aromatic heterocycles. The van der Waals surface area contributed by atoms with Gasteiger partial charge in [0.25, 0.3) is 0 Å². The molecule has 3 unspecified atom stereocenters. The number of carbonyl (C=O) groups excluding carboxylic acids is 1. The number of nitrogens with one attached hydrogen (secondary N) is 1. The zero-order valence-electron chi connectivity index (χ0n) is 15.9. The van der Waals surface area contributed by atoms with Crippen molar-refractivity contribution in [3.05, 3.63) is 70.7 Å². The van der Waals surface area contributed by atoms with E-state index in [-0.39, 0.29) is 12.0 Å². The predicted molar refractivity (Wildman–Crippen MR) is 118 cm³/mol. The molecule has 3 rings (SSSR count). The summed E-state index contributed by atoms with van der Waals surface area (Å²) in [5, 5.41) is 11.7. The van der Waals surface area contributed by atoms with Crippen LogP contribution in [0.2, 0.25) is 5.02 Å². The molecule has 0 bridgehead atoms. The summed E-state index contributed by atoms with van der Waals surface area (Å²) in [7, 11) is -1.13. The number of hydrogen-bond acceptors (Lipinski definition) is 3. The minimum Gasteiger partial charge on any atom is -0.473 e. The molecule has 2 N–H and O–H groups in total. The van der Waals surface area contributed by atoms with Crippen molar-refractivity contribution in [2.45, 2.75) is 37.5 Å². The van der Waals surface area contributed by atoms with Gasteiger partial charge in [-0.2, -0.15) is 0 Å². The van der Waals surface area contributed by atoms with Crippen LogP contribution in [0, 0.1) is 5.92 Å². The molecule has 1 aliphatic rings. The first kappa shape index (κ1) is 21.4. The fourth-order valence-corrected chi connectivity index (χ4v) is 4.87. The van der Waals surface area contributed by atoms with E-state index in [4.69, 9.17) is 16.3 Å². The number of rotatable bonds is 6. The molecule has 0 heterocycles. The lowest BCUT2D eigenvalue weighted by atomic mass is 9.96. The predicted octanol–water partition coefficient (Wildman–Crippen LogP) is 5.68. The summed E-state index contributed by atoms with van der Waals surface area (Å²) in [6.45, 7) is 0. The molecule has 1 fully saturated rings. The van der Waals surface area contributed by atoms with E-state index in [1.807, 2.05) is 54.6 Å². The van der Waals surface area contributed by atoms with Gasteiger partial charge in [-0.05, 0) is 48.9 Å². The van der Waals surface area contributed by atoms with Crippen LogP contribution in [-0.2, 0) is 16.9 Å². The molecule has 2 aromatic rings. The highest BCUT2D eigenvalue weighted by Crippen LogP contribution is 2.31. The highest BCUT2D eigenvalue weighted by molar-refractivity contribution is 8.26. The Morgan fingerprint density at radius 1 is 1.14 bits per heavy atom. The number of benzene rings is 2. The van der Waals surface area contributed by atoms with Gasteiger partial charge in [0, 0.05) is 22.2 Å². The standard InChI is InChI=1S/C22H24ClNO4S/c23-19-10-4-8-17(13-19)12-18-9-5-11-20(18)28-21(25)24-15-29(22(26)27)14-16-6-2-1-3-7-16/h1-4,6-8,10,13,15,18,20H,5,9,11-12,14H2,(H,24,25)(H,26,27). The molecular weight excluding hydrogens is 410 g/mol. The Bertz CT molecular complexity index is 887. The fraction of sp³-hybridized carbons (Fsp3) is 0.318. The first-order valence-corrected chi connectivity index (χ1v) is 11.4. The van der Waals surface area contributed by atoms with E-state index in [0.717, 1.165) is 36.8 Å². The monoisotopic (exact) mass is 433 g/mol. The van der Waals surface area contributed by atoms with Gasteiger partial charge in [-0.25, -0.2) is 9.59 Å². The molecule has 5 nitrogen and oxygen atoms in total. The Morgan fingerprint density at radius 2 is 1.90 bits per heavy atom. The molecule has 0 radical (unpaired) electrons. The molecule has 0 aliphatic heterocycles. The number of ether oxygens (including phenoxy) is 1. The van der Waals surface area contributed by atoms with Crippen LogP contribution in [-0.4, -0.2) is 28.1 Å². The summed E-state index contributed by atoms with van der Waals surface area (Å²) < 4.78 is 5.60. The molecule has 1 amide bonds. The summed E-state index contributed by atoms with van der Waals surface area (Å²) >= 11 is 6.06. The lowest BCUT2D eigenvalue weighted by Gasteiger charge is -2.20. The summed E-state index contributed by atoms with van der Waals surface area (Å²) in [4.78, 5) is 23.8. The minimum atomic E-state index is -1.13. The summed E-state index contributed by atoms with van der Waals surface area (Å²) in [6.07, 6.45) is 2.83. The molecule has 0 saturated heterocycles. The van der Waals surface area contributed by atoms with Gasteiger partial charge in [0.1, 0.15) is 6.10 Å². The van der Waals surface area contributed by atoms with E-state index in [1.165, 1.54) is 5.49 Å². The van der Waals surface area contributed by atoms with Crippen molar-refractivity contribution in [2.75, 3.05) is 0 Å². The van der Waals surface area contributed by atoms with Gasteiger partial charge < -0.3 is 9.84 Å². The molecular formula is C22H24ClNO4S. The van der Waals surface area contributed by atoms with Crippen LogP contribution in [0.1, 0.15) is 30.4 Å². The van der Waals surface area contributed by atoms with Gasteiger partial charge in [-0.1, -0.05) is 64.5 Å². The number of amides is 1. The molecule has 0 spiro atoms. The maximum absolute atomic E-state index is 12.3. The van der Waals surface area contributed by atoms with E-state index >= 15 is 0 Å². The molecule has 2 aromatic carbocycles. The third-order valence-corrected chi connectivity index (χ3v) is 6.67. The number of hydrogen-bond donors (Lipinski definition) is 2. The van der Waals surface area contributed by atoms with Crippen molar-refractivity contribution in [1.29, 1.82) is 0 Å². The molecule has 1 saturated carbocycles. The summed E-state index contributed by atoms with van der Waals surface area (Å²) in [6, 6.07) is 17.1. The van der Waals surface area contributed by atoms with Crippen LogP contribution >= 0.6 is 22.1 Å². The molecule has 154 valence electrons. The molecule has 7 heteroatoms. The van der Waals surface area contributed by atoms with Gasteiger partial charge in [-0.3, -0.25) is 5.32 Å². The number of halogens is 1. The van der Waals surface area contributed by atoms with E-state index in [2.05, 4.69) is 5.32 Å². The largest absolute Gasteiger partial charge is 0.473 e. The topological polar surface area (TPSA) is 75.6 Å². The van der Waals surface area contributed by atoms with Crippen molar-refractivity contribution in [1.82, 2.24) is 5.32 Å². The highest BCUT2D eigenvalue weighted by atomic mass is 35.5. The first-order valence-electron chi connectivity index (χ1n) is 9.53. The molecule has 3 atom stereocenters. The SMILES string of the molecule is O=C(N/C=S(\Cc1ccccc1)C(=O)O)OC1CCCC1Cc1cccc(Cl)c1. The van der Waals surface area contributed by atoms with E-state index in [9.17, 15) is 14.7 Å². The average Bonchev–Trinajstić information content (AvgIpc) is 3.12. The highest BCUT2D eigenvalue weighted by Gasteiger charge is 2.30. The van der Waals surface area contributed by atoms with Crippen LogP contribution in [0.15, 0.2) is 54.6 Å². The van der Waals surface area contributed by atoms with Crippen molar-refractivity contribution in [3.63, 3.8) is 0 Å². The Balaban J connectivity index is 1.56. The summed E-state index contributed by atoms with van der Waals surface area (Å²) in [5.41, 5.74) is 3.36. The lowest BCUT2D eigenvalue weighted by molar-refractivity contribution is 0.0798. The van der Waals surface area contributed by atoms with Gasteiger partial charge >= 0.3 is 11.4 Å². The lowest BCUT2D eigenvalue weighted by Crippen LogP contribution is -2.31. The normalized spacial score (nSPS) is 19.6. The Hall–Kier alpha value is -2.31. The Morgan fingerprint density at radius 3 is 2.62 bits per heavy atom. The smallest absolute Gasteiger partial charge is 0.411 e. The van der Waals surface area contributed by atoms with E-state index in [0.29, 0.717) is 10.8 Å². The summed E-state index contributed by atoms with van der Waals surface area (Å²) in [5.74, 6) is 0.568. The minimum absolute atomic E-state index is 0.178. The fourth-order valence-electron chi connectivity index (χ4n) is 3.56. The second-order valence-corrected chi connectivity index (χ2v) is 9.22. The van der Waals surface area contributed by atoms with Crippen LogP contribution in [0.5, 0.6) is 0 Å².